The summed E-state index contributed by atoms with van der Waals surface area (Å²) >= 11 is 0. The van der Waals surface area contributed by atoms with Gasteiger partial charge in [0.05, 0.1) is 34.3 Å². The third kappa shape index (κ3) is 4.73. The smallest absolute Gasteiger partial charge is 0.229 e. The van der Waals surface area contributed by atoms with Crippen LogP contribution in [-0.4, -0.2) is 54.8 Å². The van der Waals surface area contributed by atoms with Crippen molar-refractivity contribution < 1.29 is 4.79 Å². The number of carbonyl (C=O) groups excluding carboxylic acids is 1. The van der Waals surface area contributed by atoms with Crippen molar-refractivity contribution in [1.82, 2.24) is 35.1 Å². The van der Waals surface area contributed by atoms with Crippen molar-refractivity contribution in [2.24, 2.45) is 10.4 Å². The molecule has 5 rings (SSSR count). The number of carbonyl (C=O) groups is 1. The van der Waals surface area contributed by atoms with E-state index in [0.717, 1.165) is 22.3 Å². The molecule has 0 unspecified atom stereocenters. The molecule has 3 N–H and O–H groups in total. The second-order valence-corrected chi connectivity index (χ2v) is 9.99. The van der Waals surface area contributed by atoms with Gasteiger partial charge in [-0.3, -0.25) is 19.9 Å². The molecule has 192 valence electrons. The molecule has 0 aliphatic carbocycles. The number of allylic oxidation sites excluding steroid dienone is 1. The lowest BCUT2D eigenvalue weighted by atomic mass is 9.95. The van der Waals surface area contributed by atoms with E-state index in [-0.39, 0.29) is 5.91 Å². The van der Waals surface area contributed by atoms with Crippen LogP contribution in [0.1, 0.15) is 27.7 Å². The van der Waals surface area contributed by atoms with Crippen LogP contribution >= 0.6 is 0 Å². The largest absolute Gasteiger partial charge is 0.336 e. The summed E-state index contributed by atoms with van der Waals surface area (Å²) in [5, 5.41) is 10.4. The first-order valence-corrected chi connectivity index (χ1v) is 12.0. The van der Waals surface area contributed by atoms with Crippen LogP contribution in [-0.2, 0) is 4.79 Å². The normalized spacial score (nSPS) is 12.2. The summed E-state index contributed by atoms with van der Waals surface area (Å²) < 4.78 is 0. The quantitative estimate of drug-likeness (QED) is 0.276. The van der Waals surface area contributed by atoms with Crippen LogP contribution in [0.2, 0.25) is 0 Å². The fraction of sp³-hybridized carbons (Fsp3) is 0.222. The number of aliphatic imine (C=N–C) groups is 1. The first kappa shape index (κ1) is 24.8. The molecule has 38 heavy (non-hydrogen) atoms. The van der Waals surface area contributed by atoms with E-state index in [1.54, 1.807) is 18.6 Å². The zero-order chi connectivity index (χ0) is 27.0. The number of anilines is 2. The molecule has 0 saturated carbocycles. The fourth-order valence-electron chi connectivity index (χ4n) is 3.87. The monoisotopic (exact) mass is 508 g/mol. The lowest BCUT2D eigenvalue weighted by Crippen LogP contribution is -2.27. The third-order valence-electron chi connectivity index (χ3n) is 5.95. The van der Waals surface area contributed by atoms with Crippen molar-refractivity contribution in [3.63, 3.8) is 0 Å². The number of hydrogen-bond donors (Lipinski definition) is 3. The molecule has 5 heterocycles. The Hall–Kier alpha value is -4.93. The molecule has 0 aliphatic rings. The maximum atomic E-state index is 12.4. The maximum Gasteiger partial charge on any atom is 0.229 e. The van der Waals surface area contributed by atoms with Gasteiger partial charge in [-0.2, -0.15) is 5.10 Å². The summed E-state index contributed by atoms with van der Waals surface area (Å²) in [5.41, 5.74) is 5.80. The highest BCUT2D eigenvalue weighted by molar-refractivity contribution is 5.96. The highest BCUT2D eigenvalue weighted by atomic mass is 16.2. The predicted octanol–water partition coefficient (Wildman–Crippen LogP) is 4.94. The van der Waals surface area contributed by atoms with Crippen molar-refractivity contribution in [3.05, 3.63) is 54.8 Å². The minimum absolute atomic E-state index is 0.0900. The van der Waals surface area contributed by atoms with Crippen LogP contribution in [0.25, 0.3) is 44.8 Å². The Kier molecular flexibility index (Phi) is 6.19. The van der Waals surface area contributed by atoms with E-state index in [4.69, 9.17) is 9.97 Å². The van der Waals surface area contributed by atoms with E-state index >= 15 is 0 Å². The molecule has 0 aliphatic heterocycles. The Bertz CT molecular complexity index is 1710. The number of hydrogen-bond acceptors (Lipinski definition) is 8. The van der Waals surface area contributed by atoms with Gasteiger partial charge in [-0.05, 0) is 37.9 Å². The van der Waals surface area contributed by atoms with E-state index in [2.05, 4.69) is 42.2 Å². The average molecular weight is 509 g/mol. The Morgan fingerprint density at radius 1 is 1.13 bits per heavy atom. The number of aromatic nitrogens is 7. The van der Waals surface area contributed by atoms with Crippen molar-refractivity contribution >= 4 is 46.2 Å². The summed E-state index contributed by atoms with van der Waals surface area (Å²) in [7, 11) is 1.88. The van der Waals surface area contributed by atoms with Gasteiger partial charge < -0.3 is 15.2 Å². The summed E-state index contributed by atoms with van der Waals surface area (Å²) in [6.07, 6.45) is 6.89. The molecular formula is C27H28N10O. The molecule has 0 fully saturated rings. The highest BCUT2D eigenvalue weighted by Crippen LogP contribution is 2.30. The van der Waals surface area contributed by atoms with E-state index in [1.165, 1.54) is 0 Å². The second kappa shape index (κ2) is 9.51. The molecule has 0 spiro atoms. The number of H-pyrrole nitrogens is 2. The highest BCUT2D eigenvalue weighted by Gasteiger charge is 2.22. The summed E-state index contributed by atoms with van der Waals surface area (Å²) in [6, 6.07) is 7.51. The predicted molar refractivity (Wildman–Crippen MR) is 150 cm³/mol. The lowest BCUT2D eigenvalue weighted by molar-refractivity contribution is -0.123. The van der Waals surface area contributed by atoms with E-state index in [9.17, 15) is 4.79 Å². The van der Waals surface area contributed by atoms with Gasteiger partial charge in [0.2, 0.25) is 5.91 Å². The topological polar surface area (TPSA) is 141 Å². The van der Waals surface area contributed by atoms with Gasteiger partial charge in [0.25, 0.3) is 0 Å². The summed E-state index contributed by atoms with van der Waals surface area (Å²) in [5.74, 6) is 1.14. The Labute approximate surface area is 219 Å². The number of amides is 1. The third-order valence-corrected chi connectivity index (χ3v) is 5.95. The van der Waals surface area contributed by atoms with Gasteiger partial charge in [-0.1, -0.05) is 20.8 Å². The SMILES string of the molecule is C=N/C(C)=C\N(C)c1nccc2[nH]c(-c3n[nH]c4ccc(-c5cncc(NC(=O)C(C)(C)C)c5)nc34)nc12. The minimum atomic E-state index is -0.521. The second-order valence-electron chi connectivity index (χ2n) is 9.99. The molecule has 0 radical (unpaired) electrons. The number of fused-ring (bicyclic) bond motifs is 2. The zero-order valence-corrected chi connectivity index (χ0v) is 21.9. The van der Waals surface area contributed by atoms with Crippen molar-refractivity contribution in [2.45, 2.75) is 27.7 Å². The molecular weight excluding hydrogens is 480 g/mol. The molecule has 5 aromatic rings. The van der Waals surface area contributed by atoms with E-state index in [1.807, 2.05) is 70.1 Å². The van der Waals surface area contributed by atoms with Crippen molar-refractivity contribution in [3.8, 4) is 22.8 Å². The molecule has 0 bridgehead atoms. The van der Waals surface area contributed by atoms with Crippen LogP contribution in [0.5, 0.6) is 0 Å². The van der Waals surface area contributed by atoms with Gasteiger partial charge in [-0.15, -0.1) is 0 Å². The zero-order valence-electron chi connectivity index (χ0n) is 21.9. The van der Waals surface area contributed by atoms with Crippen LogP contribution in [0, 0.1) is 5.41 Å². The number of rotatable bonds is 6. The Balaban J connectivity index is 1.53. The molecule has 0 atom stereocenters. The summed E-state index contributed by atoms with van der Waals surface area (Å²) in [6.45, 7) is 11.0. The van der Waals surface area contributed by atoms with Crippen LogP contribution in [0.15, 0.2) is 59.7 Å². The van der Waals surface area contributed by atoms with E-state index in [0.29, 0.717) is 39.8 Å². The first-order valence-electron chi connectivity index (χ1n) is 12.0. The van der Waals surface area contributed by atoms with Crippen LogP contribution < -0.4 is 10.2 Å². The molecule has 11 nitrogen and oxygen atoms in total. The number of nitrogens with one attached hydrogen (secondary N) is 3. The standard InChI is InChI=1S/C27H28N10O/c1-15(28-5)14-37(6)25-22-19(9-10-30-25)33-24(34-22)23-21-20(35-36-23)8-7-18(32-21)16-11-17(13-29-12-16)31-26(38)27(2,3)4/h7-14H,5H2,1-4,6H3,(H,31,38)(H,33,34)(H,35,36)/b15-14-. The molecule has 11 heteroatoms. The lowest BCUT2D eigenvalue weighted by Gasteiger charge is -2.17. The van der Waals surface area contributed by atoms with Crippen LogP contribution in [0.3, 0.4) is 0 Å². The van der Waals surface area contributed by atoms with Gasteiger partial charge in [0, 0.05) is 36.6 Å². The maximum absolute atomic E-state index is 12.4. The van der Waals surface area contributed by atoms with Gasteiger partial charge in [-0.25, -0.2) is 15.0 Å². The van der Waals surface area contributed by atoms with Gasteiger partial charge >= 0.3 is 0 Å². The molecule has 5 aromatic heterocycles. The Morgan fingerprint density at radius 3 is 2.71 bits per heavy atom. The van der Waals surface area contributed by atoms with Gasteiger partial charge in [0.1, 0.15) is 11.0 Å². The number of pyridine rings is 3. The number of imidazole rings is 1. The van der Waals surface area contributed by atoms with Crippen LogP contribution in [0.4, 0.5) is 11.5 Å². The first-order chi connectivity index (χ1) is 18.1. The fourth-order valence-corrected chi connectivity index (χ4v) is 3.87. The molecule has 0 saturated heterocycles. The minimum Gasteiger partial charge on any atom is -0.336 e. The van der Waals surface area contributed by atoms with Gasteiger partial charge in [0.15, 0.2) is 17.3 Å². The van der Waals surface area contributed by atoms with Crippen molar-refractivity contribution in [1.29, 1.82) is 0 Å². The van der Waals surface area contributed by atoms with E-state index < -0.39 is 5.41 Å². The summed E-state index contributed by atoms with van der Waals surface area (Å²) in [4.78, 5) is 40.1. The average Bonchev–Trinajstić information content (AvgIpc) is 3.51. The molecule has 1 amide bonds. The Morgan fingerprint density at radius 2 is 1.95 bits per heavy atom. The number of nitrogens with zero attached hydrogens (tertiary/aromatic N) is 7. The molecule has 0 aromatic carbocycles. The number of aromatic amines is 2. The van der Waals surface area contributed by atoms with Crippen molar-refractivity contribution in [2.75, 3.05) is 17.3 Å².